The Labute approximate surface area is 161 Å². The summed E-state index contributed by atoms with van der Waals surface area (Å²) in [6, 6.07) is 18.8. The third kappa shape index (κ3) is 4.64. The predicted octanol–water partition coefficient (Wildman–Crippen LogP) is 2.93. The molecule has 2 aromatic carbocycles. The summed E-state index contributed by atoms with van der Waals surface area (Å²) in [5.74, 6) is -1.15. The van der Waals surface area contributed by atoms with Crippen LogP contribution in [0.5, 0.6) is 11.5 Å². The van der Waals surface area contributed by atoms with Crippen LogP contribution in [0.25, 0.3) is 0 Å². The zero-order valence-electron chi connectivity index (χ0n) is 15.1. The van der Waals surface area contributed by atoms with Crippen LogP contribution >= 0.6 is 0 Å². The highest BCUT2D eigenvalue weighted by molar-refractivity contribution is 6.04. The van der Waals surface area contributed by atoms with Gasteiger partial charge in [-0.1, -0.05) is 30.3 Å². The molecule has 0 unspecified atom stereocenters. The Kier molecular flexibility index (Phi) is 5.86. The van der Waals surface area contributed by atoms with Crippen LogP contribution in [-0.2, 0) is 16.6 Å². The van der Waals surface area contributed by atoms with Crippen molar-refractivity contribution in [2.45, 2.75) is 0 Å². The van der Waals surface area contributed by atoms with Crippen LogP contribution in [0.15, 0.2) is 72.9 Å². The van der Waals surface area contributed by atoms with Crippen molar-refractivity contribution in [1.82, 2.24) is 9.88 Å². The van der Waals surface area contributed by atoms with E-state index in [0.717, 1.165) is 0 Å². The van der Waals surface area contributed by atoms with E-state index in [1.165, 1.54) is 6.07 Å². The fourth-order valence-corrected chi connectivity index (χ4v) is 2.47. The van der Waals surface area contributed by atoms with Crippen molar-refractivity contribution in [3.8, 4) is 11.5 Å². The van der Waals surface area contributed by atoms with Crippen molar-refractivity contribution >= 4 is 17.8 Å². The Hall–Kier alpha value is -3.87. The molecule has 0 radical (unpaired) electrons. The average molecular weight is 378 g/mol. The van der Waals surface area contributed by atoms with E-state index in [2.05, 4.69) is 5.32 Å². The van der Waals surface area contributed by atoms with Gasteiger partial charge in [0.05, 0.1) is 0 Å². The van der Waals surface area contributed by atoms with Gasteiger partial charge in [0.1, 0.15) is 22.8 Å². The number of hydrogen-bond acceptors (Lipinski definition) is 5. The molecular weight excluding hydrogens is 360 g/mol. The number of carbonyl (C=O) groups is 3. The molecule has 1 aromatic heterocycles. The molecule has 0 atom stereocenters. The van der Waals surface area contributed by atoms with Gasteiger partial charge < -0.3 is 14.0 Å². The maximum absolute atomic E-state index is 12.4. The standard InChI is InChI=1S/C21H18N2O5/c1-23-13-7-11-17(23)20(25)22-19(24)14-27-21(26)16-10-5-6-12-18(16)28-15-8-3-2-4-9-15/h2-13H,14H2,1H3,(H,22,24,25). The molecule has 7 nitrogen and oxygen atoms in total. The van der Waals surface area contributed by atoms with E-state index >= 15 is 0 Å². The van der Waals surface area contributed by atoms with Crippen molar-refractivity contribution in [2.75, 3.05) is 6.61 Å². The van der Waals surface area contributed by atoms with Gasteiger partial charge in [0.25, 0.3) is 11.8 Å². The third-order valence-electron chi connectivity index (χ3n) is 3.84. The van der Waals surface area contributed by atoms with E-state index < -0.39 is 24.4 Å². The van der Waals surface area contributed by atoms with Crippen molar-refractivity contribution in [1.29, 1.82) is 0 Å². The van der Waals surface area contributed by atoms with E-state index in [9.17, 15) is 14.4 Å². The number of aromatic nitrogens is 1. The number of hydrogen-bond donors (Lipinski definition) is 1. The lowest BCUT2D eigenvalue weighted by Gasteiger charge is -2.11. The Morgan fingerprint density at radius 1 is 0.929 bits per heavy atom. The molecule has 142 valence electrons. The van der Waals surface area contributed by atoms with Crippen molar-refractivity contribution < 1.29 is 23.9 Å². The highest BCUT2D eigenvalue weighted by Gasteiger charge is 2.18. The number of ether oxygens (including phenoxy) is 2. The maximum Gasteiger partial charge on any atom is 0.342 e. The molecule has 2 amide bonds. The monoisotopic (exact) mass is 378 g/mol. The van der Waals surface area contributed by atoms with E-state index in [-0.39, 0.29) is 5.56 Å². The van der Waals surface area contributed by atoms with Gasteiger partial charge >= 0.3 is 5.97 Å². The van der Waals surface area contributed by atoms with Gasteiger partial charge in [-0.15, -0.1) is 0 Å². The summed E-state index contributed by atoms with van der Waals surface area (Å²) in [5.41, 5.74) is 0.495. The van der Waals surface area contributed by atoms with E-state index in [1.54, 1.807) is 60.3 Å². The van der Waals surface area contributed by atoms with Crippen molar-refractivity contribution in [2.24, 2.45) is 7.05 Å². The summed E-state index contributed by atoms with van der Waals surface area (Å²) in [5, 5.41) is 2.18. The lowest BCUT2D eigenvalue weighted by Crippen LogP contribution is -2.35. The fourth-order valence-electron chi connectivity index (χ4n) is 2.47. The lowest BCUT2D eigenvalue weighted by molar-refractivity contribution is -0.123. The maximum atomic E-state index is 12.4. The number of rotatable bonds is 6. The van der Waals surface area contributed by atoms with Crippen LogP contribution < -0.4 is 10.1 Å². The molecular formula is C21H18N2O5. The van der Waals surface area contributed by atoms with Gasteiger partial charge in [-0.05, 0) is 36.4 Å². The number of benzene rings is 2. The van der Waals surface area contributed by atoms with Crippen LogP contribution in [0, 0.1) is 0 Å². The van der Waals surface area contributed by atoms with Gasteiger partial charge in [0.15, 0.2) is 6.61 Å². The second-order valence-corrected chi connectivity index (χ2v) is 5.87. The largest absolute Gasteiger partial charge is 0.456 e. The summed E-state index contributed by atoms with van der Waals surface area (Å²) in [6.45, 7) is -0.589. The van der Waals surface area contributed by atoms with Crippen LogP contribution in [0.1, 0.15) is 20.8 Å². The Morgan fingerprint density at radius 2 is 1.64 bits per heavy atom. The molecule has 0 aliphatic rings. The van der Waals surface area contributed by atoms with Crippen LogP contribution in [0.4, 0.5) is 0 Å². The van der Waals surface area contributed by atoms with Gasteiger partial charge in [-0.25, -0.2) is 4.79 Å². The number of imide groups is 1. The number of nitrogens with zero attached hydrogens (tertiary/aromatic N) is 1. The molecule has 0 saturated heterocycles. The summed E-state index contributed by atoms with van der Waals surface area (Å²) in [6.07, 6.45) is 1.68. The summed E-state index contributed by atoms with van der Waals surface area (Å²) in [4.78, 5) is 36.3. The molecule has 0 aliphatic carbocycles. The van der Waals surface area contributed by atoms with Gasteiger partial charge in [-0.2, -0.15) is 0 Å². The van der Waals surface area contributed by atoms with Gasteiger partial charge in [0, 0.05) is 13.2 Å². The molecule has 0 saturated carbocycles. The normalized spacial score (nSPS) is 10.2. The first-order valence-electron chi connectivity index (χ1n) is 8.49. The van der Waals surface area contributed by atoms with E-state index in [4.69, 9.17) is 9.47 Å². The highest BCUT2D eigenvalue weighted by atomic mass is 16.5. The second kappa shape index (κ2) is 8.68. The predicted molar refractivity (Wildman–Crippen MR) is 101 cm³/mol. The first-order chi connectivity index (χ1) is 13.5. The quantitative estimate of drug-likeness (QED) is 0.667. The molecule has 3 rings (SSSR count). The SMILES string of the molecule is Cn1cccc1C(=O)NC(=O)COC(=O)c1ccccc1Oc1ccccc1. The van der Waals surface area contributed by atoms with Gasteiger partial charge in [0.2, 0.25) is 0 Å². The molecule has 0 aliphatic heterocycles. The minimum absolute atomic E-state index is 0.174. The fraction of sp³-hybridized carbons (Fsp3) is 0.0952. The zero-order valence-corrected chi connectivity index (χ0v) is 15.1. The molecule has 3 aromatic rings. The number of nitrogens with one attached hydrogen (secondary N) is 1. The molecule has 0 fully saturated rings. The van der Waals surface area contributed by atoms with E-state index in [1.807, 2.05) is 18.2 Å². The molecule has 1 heterocycles. The number of para-hydroxylation sites is 2. The lowest BCUT2D eigenvalue weighted by atomic mass is 10.2. The van der Waals surface area contributed by atoms with Crippen LogP contribution in [0.3, 0.4) is 0 Å². The summed E-state index contributed by atoms with van der Waals surface area (Å²) in [7, 11) is 1.68. The Morgan fingerprint density at radius 3 is 2.36 bits per heavy atom. The number of esters is 1. The highest BCUT2D eigenvalue weighted by Crippen LogP contribution is 2.25. The van der Waals surface area contributed by atoms with Crippen LogP contribution in [0.2, 0.25) is 0 Å². The Bertz CT molecular complexity index is 995. The van der Waals surface area contributed by atoms with Crippen molar-refractivity contribution in [3.05, 3.63) is 84.2 Å². The molecule has 0 spiro atoms. The average Bonchev–Trinajstić information content (AvgIpc) is 3.13. The van der Waals surface area contributed by atoms with Crippen LogP contribution in [-0.4, -0.2) is 29.0 Å². The number of aryl methyl sites for hydroxylation is 1. The molecule has 7 heteroatoms. The molecule has 0 bridgehead atoms. The second-order valence-electron chi connectivity index (χ2n) is 5.87. The Balaban J connectivity index is 1.60. The third-order valence-corrected chi connectivity index (χ3v) is 3.84. The first kappa shape index (κ1) is 18.9. The first-order valence-corrected chi connectivity index (χ1v) is 8.49. The number of amides is 2. The minimum atomic E-state index is -0.729. The minimum Gasteiger partial charge on any atom is -0.456 e. The smallest absolute Gasteiger partial charge is 0.342 e. The zero-order chi connectivity index (χ0) is 19.9. The van der Waals surface area contributed by atoms with E-state index in [0.29, 0.717) is 17.2 Å². The topological polar surface area (TPSA) is 86.6 Å². The molecule has 28 heavy (non-hydrogen) atoms. The summed E-state index contributed by atoms with van der Waals surface area (Å²) >= 11 is 0. The summed E-state index contributed by atoms with van der Waals surface area (Å²) < 4.78 is 12.3. The molecule has 1 N–H and O–H groups in total. The number of carbonyl (C=O) groups excluding carboxylic acids is 3. The van der Waals surface area contributed by atoms with Gasteiger partial charge in [-0.3, -0.25) is 14.9 Å². The van der Waals surface area contributed by atoms with Crippen molar-refractivity contribution in [3.63, 3.8) is 0 Å².